The number of carbonyl (C=O) groups is 1. The van der Waals surface area contributed by atoms with E-state index in [2.05, 4.69) is 42.1 Å². The summed E-state index contributed by atoms with van der Waals surface area (Å²) in [4.78, 5) is 18.1. The molecule has 0 bridgehead atoms. The first-order valence-electron chi connectivity index (χ1n) is 7.59. The van der Waals surface area contributed by atoms with E-state index in [1.807, 2.05) is 4.90 Å². The highest BCUT2D eigenvalue weighted by Gasteiger charge is 2.15. The first-order chi connectivity index (χ1) is 10.6. The van der Waals surface area contributed by atoms with Gasteiger partial charge in [0.1, 0.15) is 6.33 Å². The summed E-state index contributed by atoms with van der Waals surface area (Å²) >= 11 is 0. The van der Waals surface area contributed by atoms with Crippen LogP contribution in [-0.2, 0) is 4.79 Å². The van der Waals surface area contributed by atoms with Crippen LogP contribution in [0.5, 0.6) is 0 Å². The topological polar surface area (TPSA) is 51.0 Å². The molecule has 0 atom stereocenters. The van der Waals surface area contributed by atoms with Crippen LogP contribution in [0.15, 0.2) is 30.6 Å². The van der Waals surface area contributed by atoms with E-state index in [0.29, 0.717) is 5.82 Å². The number of hydrogen-bond acceptors (Lipinski definition) is 3. The van der Waals surface area contributed by atoms with Crippen LogP contribution in [0.1, 0.15) is 24.0 Å². The first kappa shape index (κ1) is 14.5. The van der Waals surface area contributed by atoms with Crippen molar-refractivity contribution in [3.8, 4) is 11.4 Å². The molecule has 5 heteroatoms. The lowest BCUT2D eigenvalue weighted by atomic mass is 10.1. The molecule has 0 spiro atoms. The maximum atomic E-state index is 12.0. The van der Waals surface area contributed by atoms with Crippen molar-refractivity contribution in [1.82, 2.24) is 19.7 Å². The predicted octanol–water partition coefficient (Wildman–Crippen LogP) is 2.66. The minimum absolute atomic E-state index is 0.0425. The molecule has 2 aromatic rings. The van der Waals surface area contributed by atoms with Crippen molar-refractivity contribution in [3.63, 3.8) is 0 Å². The number of likely N-dealkylation sites (tertiary alicyclic amines) is 1. The molecule has 1 aromatic carbocycles. The fourth-order valence-corrected chi connectivity index (χ4v) is 2.77. The van der Waals surface area contributed by atoms with Gasteiger partial charge in [0, 0.05) is 30.9 Å². The largest absolute Gasteiger partial charge is 0.339 e. The Labute approximate surface area is 130 Å². The van der Waals surface area contributed by atoms with Gasteiger partial charge in [0.05, 0.1) is 0 Å². The maximum absolute atomic E-state index is 12.0. The molecule has 1 aliphatic rings. The van der Waals surface area contributed by atoms with Crippen molar-refractivity contribution in [1.29, 1.82) is 0 Å². The van der Waals surface area contributed by atoms with E-state index in [4.69, 9.17) is 0 Å². The number of carbonyl (C=O) groups excluding carboxylic acids is 1. The van der Waals surface area contributed by atoms with Gasteiger partial charge in [-0.3, -0.25) is 4.79 Å². The molecule has 2 heterocycles. The molecule has 5 nitrogen and oxygen atoms in total. The van der Waals surface area contributed by atoms with Crippen LogP contribution in [0.4, 0.5) is 0 Å². The molecule has 0 unspecified atom stereocenters. The highest BCUT2D eigenvalue weighted by molar-refractivity contribution is 5.90. The Kier molecular flexibility index (Phi) is 4.04. The van der Waals surface area contributed by atoms with Crippen molar-refractivity contribution in [2.75, 3.05) is 13.1 Å². The van der Waals surface area contributed by atoms with Crippen LogP contribution in [0, 0.1) is 13.8 Å². The second kappa shape index (κ2) is 6.13. The van der Waals surface area contributed by atoms with Gasteiger partial charge in [0.15, 0.2) is 5.82 Å². The van der Waals surface area contributed by atoms with E-state index >= 15 is 0 Å². The Morgan fingerprint density at radius 1 is 1.14 bits per heavy atom. The summed E-state index contributed by atoms with van der Waals surface area (Å²) in [5.41, 5.74) is 3.37. The Morgan fingerprint density at radius 2 is 1.82 bits per heavy atom. The van der Waals surface area contributed by atoms with Crippen molar-refractivity contribution < 1.29 is 4.79 Å². The average molecular weight is 296 g/mol. The monoisotopic (exact) mass is 296 g/mol. The Morgan fingerprint density at radius 3 is 2.50 bits per heavy atom. The number of aromatic nitrogens is 3. The van der Waals surface area contributed by atoms with Gasteiger partial charge < -0.3 is 4.90 Å². The van der Waals surface area contributed by atoms with Crippen LogP contribution in [-0.4, -0.2) is 38.7 Å². The zero-order valence-electron chi connectivity index (χ0n) is 13.0. The van der Waals surface area contributed by atoms with Gasteiger partial charge in [-0.1, -0.05) is 17.2 Å². The standard InChI is InChI=1S/C17H20N4O/c1-13-9-14(2)11-15(10-13)17-18-12-21(19-17)8-5-16(22)20-6-3-4-7-20/h5,8-12H,3-4,6-7H2,1-2H3/b8-5-. The lowest BCUT2D eigenvalue weighted by molar-refractivity contribution is -0.124. The number of nitrogens with zero attached hydrogens (tertiary/aromatic N) is 4. The van der Waals surface area contributed by atoms with Gasteiger partial charge in [-0.05, 0) is 38.8 Å². The van der Waals surface area contributed by atoms with Gasteiger partial charge in [-0.2, -0.15) is 0 Å². The zero-order chi connectivity index (χ0) is 15.5. The van der Waals surface area contributed by atoms with Gasteiger partial charge in [0.25, 0.3) is 0 Å². The third-order valence-corrected chi connectivity index (χ3v) is 3.78. The molecular formula is C17H20N4O. The highest BCUT2D eigenvalue weighted by atomic mass is 16.2. The summed E-state index contributed by atoms with van der Waals surface area (Å²) in [5, 5.41) is 4.41. The Bertz CT molecular complexity index is 691. The highest BCUT2D eigenvalue weighted by Crippen LogP contribution is 2.18. The van der Waals surface area contributed by atoms with Crippen molar-refractivity contribution in [3.05, 3.63) is 41.7 Å². The van der Waals surface area contributed by atoms with Crippen LogP contribution < -0.4 is 0 Å². The van der Waals surface area contributed by atoms with E-state index in [1.54, 1.807) is 23.3 Å². The Hall–Kier alpha value is -2.43. The lowest BCUT2D eigenvalue weighted by Gasteiger charge is -2.11. The van der Waals surface area contributed by atoms with Crippen LogP contribution in [0.25, 0.3) is 17.6 Å². The van der Waals surface area contributed by atoms with Crippen molar-refractivity contribution in [2.45, 2.75) is 26.7 Å². The van der Waals surface area contributed by atoms with E-state index in [0.717, 1.165) is 31.5 Å². The fraction of sp³-hybridized carbons (Fsp3) is 0.353. The summed E-state index contributed by atoms with van der Waals surface area (Å²) < 4.78 is 1.58. The van der Waals surface area contributed by atoms with Gasteiger partial charge >= 0.3 is 0 Å². The quantitative estimate of drug-likeness (QED) is 0.818. The minimum atomic E-state index is 0.0425. The molecule has 22 heavy (non-hydrogen) atoms. The molecule has 0 saturated carbocycles. The van der Waals surface area contributed by atoms with Crippen LogP contribution in [0.2, 0.25) is 0 Å². The second-order valence-electron chi connectivity index (χ2n) is 5.77. The average Bonchev–Trinajstić information content (AvgIpc) is 3.15. The smallest absolute Gasteiger partial charge is 0.248 e. The summed E-state index contributed by atoms with van der Waals surface area (Å²) in [6.07, 6.45) is 7.05. The maximum Gasteiger partial charge on any atom is 0.248 e. The third-order valence-electron chi connectivity index (χ3n) is 3.78. The fourth-order valence-electron chi connectivity index (χ4n) is 2.77. The molecule has 0 aliphatic carbocycles. The number of rotatable bonds is 3. The number of benzene rings is 1. The third kappa shape index (κ3) is 3.24. The second-order valence-corrected chi connectivity index (χ2v) is 5.77. The SMILES string of the molecule is Cc1cc(C)cc(-c2ncn(/C=C\C(=O)N3CCCC3)n2)c1. The summed E-state index contributed by atoms with van der Waals surface area (Å²) in [6, 6.07) is 6.24. The lowest BCUT2D eigenvalue weighted by Crippen LogP contribution is -2.25. The minimum Gasteiger partial charge on any atom is -0.339 e. The molecule has 1 saturated heterocycles. The summed E-state index contributed by atoms with van der Waals surface area (Å²) in [6.45, 7) is 5.83. The number of amides is 1. The zero-order valence-corrected chi connectivity index (χ0v) is 13.0. The first-order valence-corrected chi connectivity index (χ1v) is 7.59. The molecule has 114 valence electrons. The van der Waals surface area contributed by atoms with E-state index in [1.165, 1.54) is 11.1 Å². The summed E-state index contributed by atoms with van der Waals surface area (Å²) in [7, 11) is 0. The molecule has 1 aromatic heterocycles. The molecule has 1 fully saturated rings. The normalized spacial score (nSPS) is 14.9. The molecule has 0 N–H and O–H groups in total. The molecule has 3 rings (SSSR count). The van der Waals surface area contributed by atoms with E-state index in [9.17, 15) is 4.79 Å². The van der Waals surface area contributed by atoms with Crippen molar-refractivity contribution >= 4 is 12.1 Å². The molecule has 1 amide bonds. The predicted molar refractivity (Wildman–Crippen MR) is 86.1 cm³/mol. The summed E-state index contributed by atoms with van der Waals surface area (Å²) in [5.74, 6) is 0.714. The van der Waals surface area contributed by atoms with Crippen molar-refractivity contribution in [2.24, 2.45) is 0 Å². The Balaban J connectivity index is 1.74. The van der Waals surface area contributed by atoms with Crippen LogP contribution in [0.3, 0.4) is 0 Å². The molecule has 1 aliphatic heterocycles. The van der Waals surface area contributed by atoms with Gasteiger partial charge in [-0.15, -0.1) is 5.10 Å². The van der Waals surface area contributed by atoms with Gasteiger partial charge in [-0.25, -0.2) is 9.67 Å². The van der Waals surface area contributed by atoms with E-state index in [-0.39, 0.29) is 5.91 Å². The number of aryl methyl sites for hydroxylation is 2. The molecular weight excluding hydrogens is 276 g/mol. The van der Waals surface area contributed by atoms with Gasteiger partial charge in [0.2, 0.25) is 5.91 Å². The molecule has 0 radical (unpaired) electrons. The number of hydrogen-bond donors (Lipinski definition) is 0. The van der Waals surface area contributed by atoms with Crippen LogP contribution >= 0.6 is 0 Å². The van der Waals surface area contributed by atoms with E-state index < -0.39 is 0 Å².